The lowest BCUT2D eigenvalue weighted by molar-refractivity contribution is -0.0258. The maximum atomic E-state index is 10.7. The predicted octanol–water partition coefficient (Wildman–Crippen LogP) is -0.896. The first-order chi connectivity index (χ1) is 17.1. The van der Waals surface area contributed by atoms with Gasteiger partial charge < -0.3 is 47.7 Å². The van der Waals surface area contributed by atoms with Gasteiger partial charge in [-0.1, -0.05) is 0 Å². The third-order valence-electron chi connectivity index (χ3n) is 3.74. The summed E-state index contributed by atoms with van der Waals surface area (Å²) in [7, 11) is -3.42. The topological polar surface area (TPSA) is 147 Å². The number of hydrogen-bond donors (Lipinski definition) is 1. The van der Waals surface area contributed by atoms with E-state index in [1.807, 2.05) is 0 Å². The van der Waals surface area contributed by atoms with Gasteiger partial charge in [0.25, 0.3) is 10.1 Å². The highest BCUT2D eigenvalue weighted by molar-refractivity contribution is 7.85. The average molecular weight is 537 g/mol. The lowest BCUT2D eigenvalue weighted by Gasteiger charge is -2.08. The normalized spacial score (nSPS) is 11.9. The van der Waals surface area contributed by atoms with Gasteiger partial charge in [0.15, 0.2) is 0 Å². The molecule has 0 heterocycles. The second-order valence-corrected chi connectivity index (χ2v) is 8.41. The molecule has 0 amide bonds. The second kappa shape index (κ2) is 28.1. The van der Waals surface area contributed by atoms with Gasteiger partial charge in [-0.2, -0.15) is 8.42 Å². The molecular weight excluding hydrogens is 492 g/mol. The first-order valence-corrected chi connectivity index (χ1v) is 13.5. The zero-order valence-electron chi connectivity index (χ0n) is 20.9. The van der Waals surface area contributed by atoms with E-state index >= 15 is 0 Å². The van der Waals surface area contributed by atoms with Crippen LogP contribution in [0.15, 0.2) is 0 Å². The quantitative estimate of drug-likeness (QED) is 0.0894. The molecule has 0 rings (SSSR count). The summed E-state index contributed by atoms with van der Waals surface area (Å²) in [5.74, 6) is 0. The molecule has 0 bridgehead atoms. The van der Waals surface area contributed by atoms with E-state index in [9.17, 15) is 8.42 Å². The molecule has 0 saturated carbocycles. The van der Waals surface area contributed by atoms with Gasteiger partial charge in [0.05, 0.1) is 138 Å². The van der Waals surface area contributed by atoms with Crippen molar-refractivity contribution in [2.75, 3.05) is 138 Å². The Bertz CT molecular complexity index is 507. The molecule has 0 spiro atoms. The van der Waals surface area contributed by atoms with Crippen LogP contribution < -0.4 is 0 Å². The van der Waals surface area contributed by atoms with E-state index in [1.54, 1.807) is 0 Å². The highest BCUT2D eigenvalue weighted by Crippen LogP contribution is 1.88. The van der Waals surface area contributed by atoms with Crippen LogP contribution in [-0.2, 0) is 56.9 Å². The molecule has 13 nitrogen and oxygen atoms in total. The van der Waals surface area contributed by atoms with Crippen LogP contribution in [0.25, 0.3) is 0 Å². The standard InChI is InChI=1S/C21H44O13S/c1-35(23,24)34-21-20-33-19-18-32-17-16-31-15-14-30-13-12-29-11-10-28-9-8-27-7-6-26-5-4-25-3-2-22/h22H,2-21H2,1H3. The van der Waals surface area contributed by atoms with Gasteiger partial charge in [-0.05, 0) is 0 Å². The van der Waals surface area contributed by atoms with Crippen molar-refractivity contribution in [2.45, 2.75) is 0 Å². The Labute approximate surface area is 209 Å². The number of hydrogen-bond acceptors (Lipinski definition) is 13. The third kappa shape index (κ3) is 33.5. The lowest BCUT2D eigenvalue weighted by atomic mass is 10.6. The molecule has 0 atom stereocenters. The fraction of sp³-hybridized carbons (Fsp3) is 1.00. The second-order valence-electron chi connectivity index (χ2n) is 6.76. The SMILES string of the molecule is CS(=O)(=O)OCCOCCOCCOCCOCCOCCOCCOCCOCCOCCO. The van der Waals surface area contributed by atoms with Gasteiger partial charge in [0.1, 0.15) is 0 Å². The van der Waals surface area contributed by atoms with E-state index in [2.05, 4.69) is 4.18 Å². The highest BCUT2D eigenvalue weighted by Gasteiger charge is 2.00. The maximum absolute atomic E-state index is 10.7. The van der Waals surface area contributed by atoms with Crippen LogP contribution >= 0.6 is 0 Å². The van der Waals surface area contributed by atoms with E-state index in [4.69, 9.17) is 47.7 Å². The summed E-state index contributed by atoms with van der Waals surface area (Å²) in [4.78, 5) is 0. The summed E-state index contributed by atoms with van der Waals surface area (Å²) < 4.78 is 73.8. The predicted molar refractivity (Wildman–Crippen MR) is 125 cm³/mol. The minimum absolute atomic E-state index is 0.00111. The van der Waals surface area contributed by atoms with Gasteiger partial charge in [-0.25, -0.2) is 0 Å². The molecule has 0 aromatic rings. The van der Waals surface area contributed by atoms with Gasteiger partial charge in [0, 0.05) is 0 Å². The molecule has 0 aliphatic heterocycles. The molecule has 0 fully saturated rings. The van der Waals surface area contributed by atoms with Crippen molar-refractivity contribution in [3.05, 3.63) is 0 Å². The van der Waals surface area contributed by atoms with Gasteiger partial charge in [0.2, 0.25) is 0 Å². The Morgan fingerprint density at radius 1 is 0.400 bits per heavy atom. The fourth-order valence-corrected chi connectivity index (χ4v) is 2.54. The number of aliphatic hydroxyl groups is 1. The molecule has 1 N–H and O–H groups in total. The summed E-state index contributed by atoms with van der Waals surface area (Å²) in [6, 6.07) is 0. The van der Waals surface area contributed by atoms with Gasteiger partial charge >= 0.3 is 0 Å². The zero-order chi connectivity index (χ0) is 25.7. The maximum Gasteiger partial charge on any atom is 0.264 e. The molecule has 14 heteroatoms. The van der Waals surface area contributed by atoms with Crippen LogP contribution in [0.2, 0.25) is 0 Å². The molecule has 0 radical (unpaired) electrons. The van der Waals surface area contributed by atoms with E-state index < -0.39 is 10.1 Å². The van der Waals surface area contributed by atoms with Gasteiger partial charge in [-0.3, -0.25) is 4.18 Å². The molecule has 0 aliphatic carbocycles. The van der Waals surface area contributed by atoms with Crippen LogP contribution in [0, 0.1) is 0 Å². The number of aliphatic hydroxyl groups excluding tert-OH is 1. The Kier molecular flexibility index (Phi) is 27.7. The van der Waals surface area contributed by atoms with Crippen molar-refractivity contribution in [1.29, 1.82) is 0 Å². The molecule has 0 aromatic carbocycles. The molecule has 0 unspecified atom stereocenters. The van der Waals surface area contributed by atoms with Crippen LogP contribution in [0.5, 0.6) is 0 Å². The summed E-state index contributed by atoms with van der Waals surface area (Å²) in [5.41, 5.74) is 0. The Balaban J connectivity index is 3.04. The molecule has 212 valence electrons. The summed E-state index contributed by atoms with van der Waals surface area (Å²) in [5, 5.41) is 8.54. The first kappa shape index (κ1) is 34.5. The zero-order valence-corrected chi connectivity index (χ0v) is 21.7. The summed E-state index contributed by atoms with van der Waals surface area (Å²) in [6.45, 7) is 7.99. The van der Waals surface area contributed by atoms with E-state index in [-0.39, 0.29) is 19.8 Å². The van der Waals surface area contributed by atoms with Crippen molar-refractivity contribution in [3.63, 3.8) is 0 Å². The smallest absolute Gasteiger partial charge is 0.264 e. The number of rotatable bonds is 30. The first-order valence-electron chi connectivity index (χ1n) is 11.7. The van der Waals surface area contributed by atoms with Crippen LogP contribution in [0.1, 0.15) is 0 Å². The average Bonchev–Trinajstić information content (AvgIpc) is 2.82. The van der Waals surface area contributed by atoms with E-state index in [0.717, 1.165) is 6.26 Å². The summed E-state index contributed by atoms with van der Waals surface area (Å²) >= 11 is 0. The van der Waals surface area contributed by atoms with Crippen molar-refractivity contribution in [1.82, 2.24) is 0 Å². The molecule has 35 heavy (non-hydrogen) atoms. The Morgan fingerprint density at radius 3 is 0.800 bits per heavy atom. The Morgan fingerprint density at radius 2 is 0.600 bits per heavy atom. The van der Waals surface area contributed by atoms with Crippen molar-refractivity contribution in [3.8, 4) is 0 Å². The Hall–Kier alpha value is -0.490. The third-order valence-corrected chi connectivity index (χ3v) is 4.33. The van der Waals surface area contributed by atoms with Crippen molar-refractivity contribution < 1.29 is 60.3 Å². The molecule has 0 aliphatic rings. The minimum atomic E-state index is -3.42. The monoisotopic (exact) mass is 536 g/mol. The van der Waals surface area contributed by atoms with Crippen molar-refractivity contribution >= 4 is 10.1 Å². The van der Waals surface area contributed by atoms with Gasteiger partial charge in [-0.15, -0.1) is 0 Å². The van der Waals surface area contributed by atoms with E-state index in [0.29, 0.717) is 112 Å². The van der Waals surface area contributed by atoms with Crippen LogP contribution in [0.3, 0.4) is 0 Å². The highest BCUT2D eigenvalue weighted by atomic mass is 32.2. The van der Waals surface area contributed by atoms with Crippen LogP contribution in [-0.4, -0.2) is 152 Å². The van der Waals surface area contributed by atoms with Crippen molar-refractivity contribution in [2.24, 2.45) is 0 Å². The molecular formula is C21H44O13S. The largest absolute Gasteiger partial charge is 0.394 e. The number of ether oxygens (including phenoxy) is 9. The molecule has 0 saturated heterocycles. The minimum Gasteiger partial charge on any atom is -0.394 e. The lowest BCUT2D eigenvalue weighted by Crippen LogP contribution is -2.15. The molecule has 0 aromatic heterocycles. The summed E-state index contributed by atoms with van der Waals surface area (Å²) in [6.07, 6.45) is 0.994. The van der Waals surface area contributed by atoms with Crippen LogP contribution in [0.4, 0.5) is 0 Å². The van der Waals surface area contributed by atoms with E-state index in [1.165, 1.54) is 0 Å². The fourth-order valence-electron chi connectivity index (χ4n) is 2.17.